The highest BCUT2D eigenvalue weighted by Crippen LogP contribution is 2.49. The van der Waals surface area contributed by atoms with E-state index in [9.17, 15) is 0 Å². The second kappa shape index (κ2) is 17.6. The third kappa shape index (κ3) is 8.74. The highest BCUT2D eigenvalue weighted by atomic mass is 15.2. The number of nitrogens with zero attached hydrogens (tertiary/aromatic N) is 3. The molecule has 2 aliphatic heterocycles. The van der Waals surface area contributed by atoms with Crippen molar-refractivity contribution in [2.24, 2.45) is 0 Å². The summed E-state index contributed by atoms with van der Waals surface area (Å²) in [5.41, 5.74) is 26.7. The Labute approximate surface area is 462 Å². The zero-order valence-electron chi connectivity index (χ0n) is 49.9. The predicted molar refractivity (Wildman–Crippen MR) is 336 cm³/mol. The van der Waals surface area contributed by atoms with Crippen LogP contribution >= 0.6 is 0 Å². The summed E-state index contributed by atoms with van der Waals surface area (Å²) in [6.45, 7) is 44.6. The fourth-order valence-corrected chi connectivity index (χ4v) is 12.8. The van der Waals surface area contributed by atoms with Gasteiger partial charge in [0, 0.05) is 50.3 Å². The van der Waals surface area contributed by atoms with E-state index in [2.05, 4.69) is 298 Å². The minimum Gasteiger partial charge on any atom is -0.311 e. The van der Waals surface area contributed by atoms with Gasteiger partial charge >= 0.3 is 0 Å². The molecule has 77 heavy (non-hydrogen) atoms. The molecule has 1 aromatic heterocycles. The molecule has 2 aliphatic rings. The van der Waals surface area contributed by atoms with Crippen molar-refractivity contribution < 1.29 is 0 Å². The Kier molecular flexibility index (Phi) is 12.0. The van der Waals surface area contributed by atoms with E-state index in [1.165, 1.54) is 128 Å². The van der Waals surface area contributed by atoms with Crippen molar-refractivity contribution in [3.8, 4) is 5.69 Å². The highest BCUT2D eigenvalue weighted by Gasteiger charge is 2.47. The highest BCUT2D eigenvalue weighted by molar-refractivity contribution is 6.99. The van der Waals surface area contributed by atoms with E-state index in [4.69, 9.17) is 0 Å². The number of aromatic nitrogens is 1. The number of rotatable bonds is 5. The van der Waals surface area contributed by atoms with E-state index in [0.717, 1.165) is 0 Å². The van der Waals surface area contributed by atoms with Gasteiger partial charge in [-0.1, -0.05) is 202 Å². The number of fused-ring (bicyclic) bond motifs is 7. The Hall–Kier alpha value is -6.78. The van der Waals surface area contributed by atoms with Gasteiger partial charge in [0.2, 0.25) is 6.71 Å². The molecule has 3 heterocycles. The van der Waals surface area contributed by atoms with Gasteiger partial charge in [0.25, 0.3) is 0 Å². The lowest BCUT2D eigenvalue weighted by Gasteiger charge is -2.46. The topological polar surface area (TPSA) is 11.4 Å². The van der Waals surface area contributed by atoms with Gasteiger partial charge in [-0.25, -0.2) is 0 Å². The van der Waals surface area contributed by atoms with Crippen LogP contribution in [0.4, 0.5) is 34.1 Å². The number of aryl methyl sites for hydroxylation is 2. The van der Waals surface area contributed by atoms with Crippen LogP contribution in [0.5, 0.6) is 0 Å². The number of para-hydroxylation sites is 1. The maximum Gasteiger partial charge on any atom is 0.247 e. The van der Waals surface area contributed by atoms with Crippen LogP contribution in [-0.4, -0.2) is 11.3 Å². The Bertz CT molecular complexity index is 3770. The maximum atomic E-state index is 2.63. The van der Waals surface area contributed by atoms with Crippen LogP contribution in [0.3, 0.4) is 0 Å². The van der Waals surface area contributed by atoms with Crippen LogP contribution in [0.15, 0.2) is 152 Å². The smallest absolute Gasteiger partial charge is 0.247 e. The van der Waals surface area contributed by atoms with Crippen LogP contribution in [-0.2, 0) is 32.5 Å². The summed E-state index contributed by atoms with van der Waals surface area (Å²) < 4.78 is 2.51. The quantitative estimate of drug-likeness (QED) is 0.159. The summed E-state index contributed by atoms with van der Waals surface area (Å²) in [6, 6.07) is 59.7. The van der Waals surface area contributed by atoms with Crippen LogP contribution in [0.25, 0.3) is 27.5 Å². The van der Waals surface area contributed by atoms with E-state index in [0.29, 0.717) is 0 Å². The summed E-state index contributed by atoms with van der Waals surface area (Å²) in [4.78, 5) is 5.18. The first-order valence-corrected chi connectivity index (χ1v) is 28.4. The minimum absolute atomic E-state index is 0.0159. The molecular weight excluding hydrogens is 930 g/mol. The maximum absolute atomic E-state index is 2.63. The van der Waals surface area contributed by atoms with Crippen molar-refractivity contribution in [2.45, 2.75) is 164 Å². The number of hydrogen-bond donors (Lipinski definition) is 0. The van der Waals surface area contributed by atoms with Crippen molar-refractivity contribution in [1.29, 1.82) is 0 Å². The van der Waals surface area contributed by atoms with E-state index < -0.39 is 0 Å². The number of anilines is 6. The van der Waals surface area contributed by atoms with E-state index in [-0.39, 0.29) is 39.2 Å². The molecule has 0 fully saturated rings. The van der Waals surface area contributed by atoms with Gasteiger partial charge in [-0.3, -0.25) is 0 Å². The van der Waals surface area contributed by atoms with Gasteiger partial charge in [0.05, 0.1) is 16.7 Å². The van der Waals surface area contributed by atoms with Gasteiger partial charge in [-0.15, -0.1) is 0 Å². The molecule has 0 atom stereocenters. The van der Waals surface area contributed by atoms with Gasteiger partial charge in [0.15, 0.2) is 0 Å². The molecule has 9 aromatic rings. The molecule has 4 heteroatoms. The molecule has 0 unspecified atom stereocenters. The average Bonchev–Trinajstić information content (AvgIpc) is 3.80. The van der Waals surface area contributed by atoms with Crippen molar-refractivity contribution in [3.63, 3.8) is 0 Å². The molecule has 0 radical (unpaired) electrons. The molecule has 3 nitrogen and oxygen atoms in total. The minimum atomic E-state index is -0.358. The number of hydrogen-bond acceptors (Lipinski definition) is 2. The molecule has 0 saturated heterocycles. The molecule has 0 aliphatic carbocycles. The summed E-state index contributed by atoms with van der Waals surface area (Å²) in [5, 5.41) is 2.57. The Morgan fingerprint density at radius 1 is 0.403 bits per heavy atom. The van der Waals surface area contributed by atoms with Crippen molar-refractivity contribution >= 4 is 79.0 Å². The second-order valence-corrected chi connectivity index (χ2v) is 28.6. The van der Waals surface area contributed by atoms with Gasteiger partial charge in [-0.2, -0.15) is 0 Å². The lowest BCUT2D eigenvalue weighted by molar-refractivity contribution is 0.583. The molecule has 0 bridgehead atoms. The standard InChI is InChI=1S/C73H82BN3/c1-45-37-50(71(12,13)14)38-46(2)67(45)75(53-30-25-47(26-31-53)68(3,4)5)55-34-35-60-58(42-55)73(18,19)59-40-51(72(15,16)17)41-65-66(59)74(60)61-43-57-56-39-49(70(9,10)11)29-36-62(56)76(52-23-21-20-22-24-52)63(57)44-64(61)77(65)54-32-27-48(28-33-54)69(6,7)8/h20-44H,1-19H3. The first-order valence-electron chi connectivity index (χ1n) is 28.4. The molecule has 11 rings (SSSR count). The van der Waals surface area contributed by atoms with E-state index in [1.807, 2.05) is 0 Å². The Morgan fingerprint density at radius 3 is 1.49 bits per heavy atom. The molecule has 8 aromatic carbocycles. The normalized spacial score (nSPS) is 14.5. The molecule has 392 valence electrons. The van der Waals surface area contributed by atoms with Gasteiger partial charge in [0.1, 0.15) is 0 Å². The third-order valence-electron chi connectivity index (χ3n) is 17.4. The summed E-state index contributed by atoms with van der Waals surface area (Å²) in [7, 11) is 0. The average molecular weight is 1010 g/mol. The SMILES string of the molecule is Cc1cc(C(C)(C)C)cc(C)c1N(c1ccc(C(C)(C)C)cc1)c1ccc2c(c1)C(C)(C)c1cc(C(C)(C)C)cc3c1B2c1cc2c4cc(C(C)(C)C)ccc4n(-c4ccccc4)c2cc1N3c1ccc(C(C)(C)C)cc1. The fraction of sp³-hybridized carbons (Fsp3) is 0.342. The first-order chi connectivity index (χ1) is 35.9. The zero-order chi connectivity index (χ0) is 55.3. The Morgan fingerprint density at radius 2 is 0.922 bits per heavy atom. The third-order valence-corrected chi connectivity index (χ3v) is 17.4. The summed E-state index contributed by atoms with van der Waals surface area (Å²) in [6.07, 6.45) is 0. The summed E-state index contributed by atoms with van der Waals surface area (Å²) >= 11 is 0. The molecule has 0 spiro atoms. The van der Waals surface area contributed by atoms with Crippen molar-refractivity contribution in [3.05, 3.63) is 202 Å². The summed E-state index contributed by atoms with van der Waals surface area (Å²) in [5.74, 6) is 0. The van der Waals surface area contributed by atoms with Crippen LogP contribution < -0.4 is 26.2 Å². The van der Waals surface area contributed by atoms with Gasteiger partial charge < -0.3 is 14.4 Å². The van der Waals surface area contributed by atoms with Crippen LogP contribution in [0.2, 0.25) is 0 Å². The van der Waals surface area contributed by atoms with E-state index >= 15 is 0 Å². The van der Waals surface area contributed by atoms with E-state index in [1.54, 1.807) is 0 Å². The van der Waals surface area contributed by atoms with Crippen LogP contribution in [0.1, 0.15) is 168 Å². The lowest BCUT2D eigenvalue weighted by atomic mass is 9.30. The second-order valence-electron chi connectivity index (χ2n) is 28.6. The molecular formula is C73H82BN3. The van der Waals surface area contributed by atoms with Crippen LogP contribution in [0, 0.1) is 13.8 Å². The van der Waals surface area contributed by atoms with Gasteiger partial charge in [-0.05, 0) is 175 Å². The molecule has 0 amide bonds. The zero-order valence-corrected chi connectivity index (χ0v) is 49.9. The lowest BCUT2D eigenvalue weighted by Crippen LogP contribution is -2.64. The fourth-order valence-electron chi connectivity index (χ4n) is 12.8. The molecule has 0 saturated carbocycles. The molecule has 0 N–H and O–H groups in total. The predicted octanol–water partition coefficient (Wildman–Crippen LogP) is 18.3. The van der Waals surface area contributed by atoms with Crippen molar-refractivity contribution in [2.75, 3.05) is 9.80 Å². The Balaban J connectivity index is 1.24. The number of benzene rings is 8. The first kappa shape index (κ1) is 52.3. The monoisotopic (exact) mass is 1010 g/mol. The van der Waals surface area contributed by atoms with Crippen molar-refractivity contribution in [1.82, 2.24) is 4.57 Å². The largest absolute Gasteiger partial charge is 0.311 e.